The van der Waals surface area contributed by atoms with Crippen molar-refractivity contribution >= 4 is 34.1 Å². The molecule has 0 bridgehead atoms. The summed E-state index contributed by atoms with van der Waals surface area (Å²) in [5.41, 5.74) is 1.48. The Labute approximate surface area is 186 Å². The van der Waals surface area contributed by atoms with Gasteiger partial charge in [-0.2, -0.15) is 0 Å². The Kier molecular flexibility index (Phi) is 5.90. The zero-order valence-corrected chi connectivity index (χ0v) is 17.8. The van der Waals surface area contributed by atoms with E-state index in [4.69, 9.17) is 18.9 Å². The predicted molar refractivity (Wildman–Crippen MR) is 118 cm³/mol. The lowest BCUT2D eigenvalue weighted by Gasteiger charge is -2.08. The summed E-state index contributed by atoms with van der Waals surface area (Å²) in [7, 11) is 3.10. The van der Waals surface area contributed by atoms with Gasteiger partial charge in [0, 0.05) is 17.0 Å². The average Bonchev–Trinajstić information content (AvgIpc) is 3.45. The van der Waals surface area contributed by atoms with Crippen LogP contribution in [0.5, 0.6) is 23.0 Å². The van der Waals surface area contributed by atoms with Crippen molar-refractivity contribution in [3.8, 4) is 34.3 Å². The van der Waals surface area contributed by atoms with Gasteiger partial charge in [-0.05, 0) is 30.3 Å². The quantitative estimate of drug-likeness (QED) is 0.321. The van der Waals surface area contributed by atoms with Crippen LogP contribution in [0.4, 0.5) is 10.8 Å². The van der Waals surface area contributed by atoms with Crippen molar-refractivity contribution in [3.05, 3.63) is 57.5 Å². The first-order chi connectivity index (χ1) is 15.5. The van der Waals surface area contributed by atoms with E-state index in [1.54, 1.807) is 31.7 Å². The number of benzene rings is 2. The second kappa shape index (κ2) is 8.94. The number of thiazole rings is 1. The standard InChI is InChI=1S/C21H17N3O7S/c1-28-16-5-3-12(7-17(16)29-2)14-10-32-21(22-14)23-20(25)6-4-13-8-18-19(31-11-30-18)9-15(13)24(26)27/h3-10H,11H2,1-2H3,(H,22,23,25)/b6-4+. The molecule has 0 saturated heterocycles. The number of nitrogens with zero attached hydrogens (tertiary/aromatic N) is 2. The van der Waals surface area contributed by atoms with Crippen LogP contribution < -0.4 is 24.3 Å². The van der Waals surface area contributed by atoms with E-state index < -0.39 is 10.8 Å². The van der Waals surface area contributed by atoms with Gasteiger partial charge in [-0.15, -0.1) is 11.3 Å². The molecule has 0 atom stereocenters. The summed E-state index contributed by atoms with van der Waals surface area (Å²) in [5, 5.41) is 16.2. The van der Waals surface area contributed by atoms with Crippen LogP contribution in [0.2, 0.25) is 0 Å². The molecule has 0 saturated carbocycles. The Hall–Kier alpha value is -4.12. The van der Waals surface area contributed by atoms with Gasteiger partial charge in [-0.25, -0.2) is 4.98 Å². The summed E-state index contributed by atoms with van der Waals surface area (Å²) in [6, 6.07) is 8.13. The summed E-state index contributed by atoms with van der Waals surface area (Å²) >= 11 is 1.25. The monoisotopic (exact) mass is 455 g/mol. The van der Waals surface area contributed by atoms with Crippen molar-refractivity contribution in [2.75, 3.05) is 26.3 Å². The number of carbonyl (C=O) groups is 1. The minimum atomic E-state index is -0.546. The Morgan fingerprint density at radius 2 is 1.94 bits per heavy atom. The molecule has 2 aromatic carbocycles. The molecular weight excluding hydrogens is 438 g/mol. The molecule has 164 valence electrons. The topological polar surface area (TPSA) is 122 Å². The third-order valence-electron chi connectivity index (χ3n) is 4.55. The summed E-state index contributed by atoms with van der Waals surface area (Å²) in [6.07, 6.45) is 2.54. The number of rotatable bonds is 7. The zero-order chi connectivity index (χ0) is 22.7. The maximum atomic E-state index is 12.3. The van der Waals surface area contributed by atoms with Crippen molar-refractivity contribution < 1.29 is 28.7 Å². The number of nitro benzene ring substituents is 1. The van der Waals surface area contributed by atoms with Crippen LogP contribution in [0.15, 0.2) is 41.8 Å². The fourth-order valence-electron chi connectivity index (χ4n) is 3.01. The van der Waals surface area contributed by atoms with Crippen LogP contribution in [0, 0.1) is 10.1 Å². The highest BCUT2D eigenvalue weighted by molar-refractivity contribution is 7.14. The highest BCUT2D eigenvalue weighted by atomic mass is 32.1. The van der Waals surface area contributed by atoms with Crippen LogP contribution >= 0.6 is 11.3 Å². The predicted octanol–water partition coefficient (Wildman–Crippen LogP) is 4.12. The number of anilines is 1. The first-order valence-electron chi connectivity index (χ1n) is 9.23. The zero-order valence-electron chi connectivity index (χ0n) is 17.0. The van der Waals surface area contributed by atoms with Gasteiger partial charge in [0.2, 0.25) is 12.7 Å². The smallest absolute Gasteiger partial charge is 0.280 e. The Balaban J connectivity index is 1.49. The number of ether oxygens (including phenoxy) is 4. The van der Waals surface area contributed by atoms with Crippen LogP contribution in [0.25, 0.3) is 17.3 Å². The van der Waals surface area contributed by atoms with Gasteiger partial charge < -0.3 is 18.9 Å². The third kappa shape index (κ3) is 4.32. The number of nitrogens with one attached hydrogen (secondary N) is 1. The molecule has 0 fully saturated rings. The number of amides is 1. The number of nitro groups is 1. The number of fused-ring (bicyclic) bond motifs is 1. The largest absolute Gasteiger partial charge is 0.493 e. The second-order valence-electron chi connectivity index (χ2n) is 6.45. The molecule has 1 aromatic heterocycles. The average molecular weight is 455 g/mol. The number of carbonyl (C=O) groups excluding carboxylic acids is 1. The first kappa shape index (κ1) is 21.1. The Morgan fingerprint density at radius 3 is 2.66 bits per heavy atom. The van der Waals surface area contributed by atoms with Crippen LogP contribution in [-0.4, -0.2) is 36.8 Å². The summed E-state index contributed by atoms with van der Waals surface area (Å²) < 4.78 is 20.9. The molecule has 1 aliphatic heterocycles. The van der Waals surface area contributed by atoms with Crippen LogP contribution in [0.3, 0.4) is 0 Å². The lowest BCUT2D eigenvalue weighted by Crippen LogP contribution is -2.07. The van der Waals surface area contributed by atoms with E-state index in [9.17, 15) is 14.9 Å². The fourth-order valence-corrected chi connectivity index (χ4v) is 3.73. The molecule has 0 spiro atoms. The molecular formula is C21H17N3O7S. The number of aromatic nitrogens is 1. The summed E-state index contributed by atoms with van der Waals surface area (Å²) in [5.74, 6) is 1.36. The maximum absolute atomic E-state index is 12.3. The van der Waals surface area contributed by atoms with Gasteiger partial charge in [-0.1, -0.05) is 0 Å². The van der Waals surface area contributed by atoms with E-state index >= 15 is 0 Å². The Morgan fingerprint density at radius 1 is 1.19 bits per heavy atom. The molecule has 4 rings (SSSR count). The van der Waals surface area contributed by atoms with Crippen molar-refractivity contribution in [1.82, 2.24) is 4.98 Å². The fraction of sp³-hybridized carbons (Fsp3) is 0.143. The van der Waals surface area contributed by atoms with E-state index in [1.807, 2.05) is 6.07 Å². The molecule has 10 nitrogen and oxygen atoms in total. The summed E-state index contributed by atoms with van der Waals surface area (Å²) in [6.45, 7) is -0.00735. The number of hydrogen-bond acceptors (Lipinski definition) is 9. The third-order valence-corrected chi connectivity index (χ3v) is 5.30. The lowest BCUT2D eigenvalue weighted by atomic mass is 10.1. The van der Waals surface area contributed by atoms with E-state index in [1.165, 1.54) is 35.6 Å². The lowest BCUT2D eigenvalue weighted by molar-refractivity contribution is -0.385. The molecule has 2 heterocycles. The molecule has 0 aliphatic carbocycles. The number of hydrogen-bond donors (Lipinski definition) is 1. The molecule has 32 heavy (non-hydrogen) atoms. The normalized spacial score (nSPS) is 12.1. The maximum Gasteiger partial charge on any atom is 0.280 e. The van der Waals surface area contributed by atoms with Crippen molar-refractivity contribution in [2.45, 2.75) is 0 Å². The Bertz CT molecular complexity index is 1220. The van der Waals surface area contributed by atoms with E-state index in [0.29, 0.717) is 33.8 Å². The first-order valence-corrected chi connectivity index (χ1v) is 10.1. The summed E-state index contributed by atoms with van der Waals surface area (Å²) in [4.78, 5) is 27.5. The van der Waals surface area contributed by atoms with Crippen molar-refractivity contribution in [2.24, 2.45) is 0 Å². The van der Waals surface area contributed by atoms with Crippen molar-refractivity contribution in [1.29, 1.82) is 0 Å². The molecule has 1 amide bonds. The van der Waals surface area contributed by atoms with Gasteiger partial charge in [-0.3, -0.25) is 20.2 Å². The van der Waals surface area contributed by atoms with E-state index in [2.05, 4.69) is 10.3 Å². The van der Waals surface area contributed by atoms with Gasteiger partial charge >= 0.3 is 0 Å². The molecule has 0 radical (unpaired) electrons. The van der Waals surface area contributed by atoms with Crippen LogP contribution in [-0.2, 0) is 4.79 Å². The number of methoxy groups -OCH3 is 2. The highest BCUT2D eigenvalue weighted by Gasteiger charge is 2.22. The minimum absolute atomic E-state index is 0.00735. The molecule has 0 unspecified atom stereocenters. The molecule has 1 aliphatic rings. The van der Waals surface area contributed by atoms with Gasteiger partial charge in [0.1, 0.15) is 0 Å². The molecule has 1 N–H and O–H groups in total. The highest BCUT2D eigenvalue weighted by Crippen LogP contribution is 2.38. The SMILES string of the molecule is COc1ccc(-c2csc(NC(=O)/C=C/c3cc4c(cc3[N+](=O)[O-])OCO4)n2)cc1OC. The van der Waals surface area contributed by atoms with Crippen LogP contribution in [0.1, 0.15) is 5.56 Å². The van der Waals surface area contributed by atoms with Gasteiger partial charge in [0.15, 0.2) is 28.1 Å². The molecule has 11 heteroatoms. The van der Waals surface area contributed by atoms with Gasteiger partial charge in [0.25, 0.3) is 5.69 Å². The minimum Gasteiger partial charge on any atom is -0.493 e. The van der Waals surface area contributed by atoms with Crippen molar-refractivity contribution in [3.63, 3.8) is 0 Å². The van der Waals surface area contributed by atoms with E-state index in [-0.39, 0.29) is 18.0 Å². The molecule has 3 aromatic rings. The van der Waals surface area contributed by atoms with Gasteiger partial charge in [0.05, 0.1) is 36.5 Å². The van der Waals surface area contributed by atoms with E-state index in [0.717, 1.165) is 5.56 Å². The second-order valence-corrected chi connectivity index (χ2v) is 7.31.